The lowest BCUT2D eigenvalue weighted by atomic mass is 10.0. The first-order valence-electron chi connectivity index (χ1n) is 8.17. The van der Waals surface area contributed by atoms with E-state index in [0.717, 1.165) is 22.2 Å². The van der Waals surface area contributed by atoms with Crippen molar-refractivity contribution in [3.63, 3.8) is 0 Å². The van der Waals surface area contributed by atoms with E-state index in [9.17, 15) is 8.42 Å². The molecule has 6 nitrogen and oxygen atoms in total. The van der Waals surface area contributed by atoms with E-state index in [1.54, 1.807) is 11.3 Å². The fourth-order valence-electron chi connectivity index (χ4n) is 3.07. The van der Waals surface area contributed by atoms with Crippen molar-refractivity contribution >= 4 is 21.2 Å². The first kappa shape index (κ1) is 16.4. The molecule has 0 unspecified atom stereocenters. The summed E-state index contributed by atoms with van der Waals surface area (Å²) < 4.78 is 25.4. The maximum absolute atomic E-state index is 11.8. The van der Waals surface area contributed by atoms with Crippen LogP contribution < -0.4 is 0 Å². The topological polar surface area (TPSA) is 77.7 Å². The molecule has 1 fully saturated rings. The molecule has 3 heterocycles. The number of sulfone groups is 1. The van der Waals surface area contributed by atoms with Crippen LogP contribution in [0.2, 0.25) is 0 Å². The van der Waals surface area contributed by atoms with Gasteiger partial charge in [0.1, 0.15) is 21.4 Å². The molecule has 0 aliphatic carbocycles. The molecule has 0 saturated carbocycles. The van der Waals surface area contributed by atoms with Crippen LogP contribution in [-0.2, 0) is 9.84 Å². The monoisotopic (exact) mass is 374 g/mol. The van der Waals surface area contributed by atoms with Crippen LogP contribution in [0.25, 0.3) is 17.2 Å². The van der Waals surface area contributed by atoms with Gasteiger partial charge in [-0.25, -0.2) is 23.1 Å². The summed E-state index contributed by atoms with van der Waals surface area (Å²) in [5, 5.41) is 7.60. The van der Waals surface area contributed by atoms with E-state index in [2.05, 4.69) is 10.1 Å². The van der Waals surface area contributed by atoms with E-state index in [4.69, 9.17) is 4.98 Å². The van der Waals surface area contributed by atoms with Crippen molar-refractivity contribution in [3.05, 3.63) is 46.5 Å². The number of para-hydroxylation sites is 1. The fraction of sp³-hybridized carbons (Fsp3) is 0.353. The molecule has 0 amide bonds. The van der Waals surface area contributed by atoms with Gasteiger partial charge in [0, 0.05) is 11.3 Å². The van der Waals surface area contributed by atoms with Crippen molar-refractivity contribution in [2.75, 3.05) is 11.5 Å². The van der Waals surface area contributed by atoms with Crippen LogP contribution in [0.4, 0.5) is 0 Å². The van der Waals surface area contributed by atoms with Crippen LogP contribution in [-0.4, -0.2) is 39.7 Å². The highest BCUT2D eigenvalue weighted by atomic mass is 32.2. The van der Waals surface area contributed by atoms with E-state index in [1.807, 2.05) is 47.3 Å². The highest BCUT2D eigenvalue weighted by Crippen LogP contribution is 2.31. The van der Waals surface area contributed by atoms with Gasteiger partial charge < -0.3 is 0 Å². The summed E-state index contributed by atoms with van der Waals surface area (Å²) in [6.45, 7) is 1.95. The highest BCUT2D eigenvalue weighted by molar-refractivity contribution is 7.91. The molecule has 0 atom stereocenters. The zero-order chi connectivity index (χ0) is 17.4. The second-order valence-corrected chi connectivity index (χ2v) is 9.58. The number of benzene rings is 1. The average Bonchev–Trinajstić information content (AvgIpc) is 3.22. The van der Waals surface area contributed by atoms with Gasteiger partial charge in [0.25, 0.3) is 0 Å². The summed E-state index contributed by atoms with van der Waals surface area (Å²) in [5.41, 5.74) is 1.69. The van der Waals surface area contributed by atoms with Gasteiger partial charge in [-0.3, -0.25) is 0 Å². The molecule has 1 aromatic carbocycles. The Morgan fingerprint density at radius 2 is 1.84 bits per heavy atom. The molecule has 3 aromatic rings. The van der Waals surface area contributed by atoms with Crippen LogP contribution in [0, 0.1) is 6.92 Å². The summed E-state index contributed by atoms with van der Waals surface area (Å²) in [5.74, 6) is 1.93. The Hall–Kier alpha value is -2.06. The molecule has 1 aliphatic rings. The van der Waals surface area contributed by atoms with Crippen molar-refractivity contribution in [1.29, 1.82) is 0 Å². The minimum absolute atomic E-state index is 0.0877. The lowest BCUT2D eigenvalue weighted by Crippen LogP contribution is -2.24. The molecule has 2 aromatic heterocycles. The zero-order valence-electron chi connectivity index (χ0n) is 13.8. The number of rotatable bonds is 3. The van der Waals surface area contributed by atoms with Gasteiger partial charge in [-0.1, -0.05) is 18.2 Å². The van der Waals surface area contributed by atoms with Gasteiger partial charge in [-0.15, -0.1) is 16.4 Å². The van der Waals surface area contributed by atoms with E-state index in [-0.39, 0.29) is 17.4 Å². The molecular weight excluding hydrogens is 356 g/mol. The third-order valence-electron chi connectivity index (χ3n) is 4.40. The molecule has 0 spiro atoms. The van der Waals surface area contributed by atoms with Crippen LogP contribution in [0.3, 0.4) is 0 Å². The van der Waals surface area contributed by atoms with Gasteiger partial charge in [0.05, 0.1) is 22.2 Å². The summed E-state index contributed by atoms with van der Waals surface area (Å²) >= 11 is 1.57. The van der Waals surface area contributed by atoms with Gasteiger partial charge in [-0.2, -0.15) is 0 Å². The SMILES string of the molecule is Cc1nc(-c2nc(C3CCS(=O)(=O)CC3)n(-c3ccccc3)n2)cs1. The van der Waals surface area contributed by atoms with E-state index >= 15 is 0 Å². The maximum atomic E-state index is 11.8. The largest absolute Gasteiger partial charge is 0.238 e. The Bertz CT molecular complexity index is 979. The maximum Gasteiger partial charge on any atom is 0.201 e. The first-order valence-corrected chi connectivity index (χ1v) is 10.9. The predicted molar refractivity (Wildman–Crippen MR) is 97.8 cm³/mol. The minimum atomic E-state index is -2.91. The van der Waals surface area contributed by atoms with Gasteiger partial charge in [0.15, 0.2) is 0 Å². The van der Waals surface area contributed by atoms with Gasteiger partial charge in [-0.05, 0) is 31.9 Å². The van der Waals surface area contributed by atoms with Crippen molar-refractivity contribution < 1.29 is 8.42 Å². The second kappa shape index (κ2) is 6.34. The molecule has 4 rings (SSSR count). The number of hydrogen-bond acceptors (Lipinski definition) is 6. The Kier molecular flexibility index (Phi) is 4.16. The first-order chi connectivity index (χ1) is 12.0. The molecule has 0 N–H and O–H groups in total. The zero-order valence-corrected chi connectivity index (χ0v) is 15.4. The van der Waals surface area contributed by atoms with Crippen molar-refractivity contribution in [1.82, 2.24) is 19.7 Å². The van der Waals surface area contributed by atoms with Crippen LogP contribution in [0.15, 0.2) is 35.7 Å². The Balaban J connectivity index is 1.77. The lowest BCUT2D eigenvalue weighted by molar-refractivity contribution is 0.529. The van der Waals surface area contributed by atoms with E-state index < -0.39 is 9.84 Å². The third-order valence-corrected chi connectivity index (χ3v) is 6.89. The molecule has 25 heavy (non-hydrogen) atoms. The standard InChI is InChI=1S/C17H18N4O2S2/c1-12-18-15(11-24-12)16-19-17(13-7-9-25(22,23)10-8-13)21(20-16)14-5-3-2-4-6-14/h2-6,11,13H,7-10H2,1H3. The second-order valence-electron chi connectivity index (χ2n) is 6.22. The van der Waals surface area contributed by atoms with Gasteiger partial charge >= 0.3 is 0 Å². The van der Waals surface area contributed by atoms with Gasteiger partial charge in [0.2, 0.25) is 5.82 Å². The third kappa shape index (κ3) is 3.36. The summed E-state index contributed by atoms with van der Waals surface area (Å²) in [6.07, 6.45) is 1.17. The average molecular weight is 374 g/mol. The Morgan fingerprint density at radius 3 is 2.48 bits per heavy atom. The molecule has 0 radical (unpaired) electrons. The number of nitrogens with zero attached hydrogens (tertiary/aromatic N) is 4. The van der Waals surface area contributed by atoms with Crippen molar-refractivity contribution in [3.8, 4) is 17.2 Å². The highest BCUT2D eigenvalue weighted by Gasteiger charge is 2.29. The number of hydrogen-bond donors (Lipinski definition) is 0. The number of aromatic nitrogens is 4. The number of thiazole rings is 1. The number of aryl methyl sites for hydroxylation is 1. The van der Waals surface area contributed by atoms with Crippen LogP contribution in [0.1, 0.15) is 29.6 Å². The lowest BCUT2D eigenvalue weighted by Gasteiger charge is -2.21. The molecule has 8 heteroatoms. The quantitative estimate of drug-likeness (QED) is 0.704. The van der Waals surface area contributed by atoms with E-state index in [0.29, 0.717) is 18.7 Å². The van der Waals surface area contributed by atoms with Crippen molar-refractivity contribution in [2.24, 2.45) is 0 Å². The normalized spacial score (nSPS) is 17.6. The smallest absolute Gasteiger partial charge is 0.201 e. The molecule has 130 valence electrons. The molecule has 1 saturated heterocycles. The van der Waals surface area contributed by atoms with Crippen LogP contribution in [0.5, 0.6) is 0 Å². The molecule has 0 bridgehead atoms. The van der Waals surface area contributed by atoms with E-state index in [1.165, 1.54) is 0 Å². The summed E-state index contributed by atoms with van der Waals surface area (Å²) in [7, 11) is -2.91. The summed E-state index contributed by atoms with van der Waals surface area (Å²) in [6, 6.07) is 9.83. The van der Waals surface area contributed by atoms with Crippen molar-refractivity contribution in [2.45, 2.75) is 25.7 Å². The Labute approximate surface area is 150 Å². The van der Waals surface area contributed by atoms with Crippen LogP contribution >= 0.6 is 11.3 Å². The minimum Gasteiger partial charge on any atom is -0.238 e. The molecule has 1 aliphatic heterocycles. The predicted octanol–water partition coefficient (Wildman–Crippen LogP) is 2.99. The molecular formula is C17H18N4O2S2. The summed E-state index contributed by atoms with van der Waals surface area (Å²) in [4.78, 5) is 9.22. The fourth-order valence-corrected chi connectivity index (χ4v) is 5.15. The Morgan fingerprint density at radius 1 is 1.12 bits per heavy atom.